The van der Waals surface area contributed by atoms with Gasteiger partial charge in [0.2, 0.25) is 11.8 Å². The van der Waals surface area contributed by atoms with Crippen LogP contribution in [-0.4, -0.2) is 28.1 Å². The van der Waals surface area contributed by atoms with Crippen LogP contribution < -0.4 is 16.8 Å². The van der Waals surface area contributed by atoms with E-state index in [0.29, 0.717) is 25.1 Å². The number of rotatable bonds is 7. The molecular weight excluding hydrogens is 282 g/mol. The Morgan fingerprint density at radius 3 is 2.45 bits per heavy atom. The lowest BCUT2D eigenvalue weighted by Gasteiger charge is -2.28. The van der Waals surface area contributed by atoms with Crippen LogP contribution in [0.3, 0.4) is 0 Å². The number of amides is 2. The summed E-state index contributed by atoms with van der Waals surface area (Å²) in [5.74, 6) is -0.613. The van der Waals surface area contributed by atoms with Crippen LogP contribution in [0, 0.1) is 5.41 Å². The summed E-state index contributed by atoms with van der Waals surface area (Å²) in [5, 5.41) is 6.71. The van der Waals surface area contributed by atoms with E-state index in [9.17, 15) is 9.59 Å². The highest BCUT2D eigenvalue weighted by Crippen LogP contribution is 2.26. The van der Waals surface area contributed by atoms with E-state index in [1.165, 1.54) is 10.9 Å². The van der Waals surface area contributed by atoms with Crippen molar-refractivity contribution in [3.63, 3.8) is 0 Å². The normalized spacial score (nSPS) is 10.8. The van der Waals surface area contributed by atoms with E-state index in [1.807, 2.05) is 13.8 Å². The van der Waals surface area contributed by atoms with Crippen LogP contribution in [0.15, 0.2) is 12.4 Å². The van der Waals surface area contributed by atoms with Crippen molar-refractivity contribution < 1.29 is 9.59 Å². The molecule has 8 heteroatoms. The first-order valence-electron chi connectivity index (χ1n) is 6.29. The van der Waals surface area contributed by atoms with Crippen LogP contribution >= 0.6 is 12.4 Å². The van der Waals surface area contributed by atoms with E-state index in [-0.39, 0.29) is 24.9 Å². The van der Waals surface area contributed by atoms with Crippen LogP contribution in [0.25, 0.3) is 0 Å². The summed E-state index contributed by atoms with van der Waals surface area (Å²) in [5.41, 5.74) is 10.7. The maximum absolute atomic E-state index is 12.2. The molecule has 7 nitrogen and oxygen atoms in total. The number of anilines is 1. The quantitative estimate of drug-likeness (QED) is 0.680. The molecule has 0 saturated carbocycles. The number of primary amides is 1. The third-order valence-corrected chi connectivity index (χ3v) is 3.43. The van der Waals surface area contributed by atoms with Gasteiger partial charge in [0.15, 0.2) is 0 Å². The fourth-order valence-corrected chi connectivity index (χ4v) is 1.89. The van der Waals surface area contributed by atoms with Gasteiger partial charge in [-0.3, -0.25) is 14.3 Å². The van der Waals surface area contributed by atoms with Crippen molar-refractivity contribution in [2.75, 3.05) is 11.9 Å². The van der Waals surface area contributed by atoms with Gasteiger partial charge < -0.3 is 16.8 Å². The van der Waals surface area contributed by atoms with E-state index >= 15 is 0 Å². The van der Waals surface area contributed by atoms with Gasteiger partial charge in [-0.05, 0) is 12.8 Å². The predicted molar refractivity (Wildman–Crippen MR) is 79.4 cm³/mol. The molecule has 1 aromatic rings. The first-order valence-corrected chi connectivity index (χ1v) is 6.29. The molecule has 0 aliphatic heterocycles. The van der Waals surface area contributed by atoms with Gasteiger partial charge in [0.1, 0.15) is 6.54 Å². The number of hydrogen-bond acceptors (Lipinski definition) is 4. The Morgan fingerprint density at radius 1 is 1.40 bits per heavy atom. The third-order valence-electron chi connectivity index (χ3n) is 3.43. The lowest BCUT2D eigenvalue weighted by Crippen LogP contribution is -2.41. The summed E-state index contributed by atoms with van der Waals surface area (Å²) < 4.78 is 1.37. The SMILES string of the molecule is CCC(CC)(CN)C(=O)Nc1cnn(CC(N)=O)c1.Cl. The fourth-order valence-electron chi connectivity index (χ4n) is 1.89. The molecule has 0 bridgehead atoms. The van der Waals surface area contributed by atoms with Crippen molar-refractivity contribution in [3.05, 3.63) is 12.4 Å². The smallest absolute Gasteiger partial charge is 0.239 e. The van der Waals surface area contributed by atoms with Crippen LogP contribution in [0.1, 0.15) is 26.7 Å². The molecule has 20 heavy (non-hydrogen) atoms. The Balaban J connectivity index is 0.00000361. The van der Waals surface area contributed by atoms with Crippen molar-refractivity contribution >= 4 is 29.9 Å². The molecular formula is C12H22ClN5O2. The molecule has 0 aromatic carbocycles. The number of aromatic nitrogens is 2. The second-order valence-corrected chi connectivity index (χ2v) is 4.54. The van der Waals surface area contributed by atoms with Crippen molar-refractivity contribution in [1.82, 2.24) is 9.78 Å². The molecule has 0 radical (unpaired) electrons. The zero-order chi connectivity index (χ0) is 14.5. The standard InChI is InChI=1S/C12H21N5O2.ClH/c1-3-12(4-2,8-13)11(19)16-9-5-15-17(6-9)7-10(14)18;/h5-6H,3-4,7-8,13H2,1-2H3,(H2,14,18)(H,16,19);1H. The molecule has 1 aromatic heterocycles. The Morgan fingerprint density at radius 2 is 2.00 bits per heavy atom. The molecule has 114 valence electrons. The second kappa shape index (κ2) is 7.86. The third kappa shape index (κ3) is 4.21. The topological polar surface area (TPSA) is 116 Å². The summed E-state index contributed by atoms with van der Waals surface area (Å²) in [7, 11) is 0. The number of hydrogen-bond donors (Lipinski definition) is 3. The van der Waals surface area contributed by atoms with Gasteiger partial charge >= 0.3 is 0 Å². The zero-order valence-electron chi connectivity index (χ0n) is 11.8. The minimum absolute atomic E-state index is 0. The summed E-state index contributed by atoms with van der Waals surface area (Å²) in [4.78, 5) is 23.0. The average molecular weight is 304 g/mol. The van der Waals surface area contributed by atoms with Crippen LogP contribution in [0.4, 0.5) is 5.69 Å². The van der Waals surface area contributed by atoms with Gasteiger partial charge in [-0.15, -0.1) is 12.4 Å². The number of nitrogens with two attached hydrogens (primary N) is 2. The van der Waals surface area contributed by atoms with Gasteiger partial charge in [0, 0.05) is 12.7 Å². The van der Waals surface area contributed by atoms with E-state index < -0.39 is 11.3 Å². The molecule has 1 rings (SSSR count). The Kier molecular flexibility index (Phi) is 7.23. The van der Waals surface area contributed by atoms with E-state index in [2.05, 4.69) is 10.4 Å². The molecule has 1 heterocycles. The van der Waals surface area contributed by atoms with Crippen LogP contribution in [0.2, 0.25) is 0 Å². The van der Waals surface area contributed by atoms with Gasteiger partial charge in [-0.25, -0.2) is 0 Å². The van der Waals surface area contributed by atoms with Crippen molar-refractivity contribution in [1.29, 1.82) is 0 Å². The molecule has 0 atom stereocenters. The number of carbonyl (C=O) groups is 2. The number of nitrogens with one attached hydrogen (secondary N) is 1. The van der Waals surface area contributed by atoms with Crippen molar-refractivity contribution in [2.45, 2.75) is 33.2 Å². The van der Waals surface area contributed by atoms with E-state index in [0.717, 1.165) is 0 Å². The summed E-state index contributed by atoms with van der Waals surface area (Å²) >= 11 is 0. The zero-order valence-corrected chi connectivity index (χ0v) is 12.6. The van der Waals surface area contributed by atoms with Gasteiger partial charge in [0.25, 0.3) is 0 Å². The highest BCUT2D eigenvalue weighted by molar-refractivity contribution is 5.95. The van der Waals surface area contributed by atoms with E-state index in [1.54, 1.807) is 6.20 Å². The molecule has 0 aliphatic rings. The maximum Gasteiger partial charge on any atom is 0.239 e. The highest BCUT2D eigenvalue weighted by Gasteiger charge is 2.33. The highest BCUT2D eigenvalue weighted by atomic mass is 35.5. The van der Waals surface area contributed by atoms with Gasteiger partial charge in [-0.1, -0.05) is 13.8 Å². The second-order valence-electron chi connectivity index (χ2n) is 4.54. The summed E-state index contributed by atoms with van der Waals surface area (Å²) in [6, 6.07) is 0. The fraction of sp³-hybridized carbons (Fsp3) is 0.583. The minimum atomic E-state index is -0.564. The lowest BCUT2D eigenvalue weighted by atomic mass is 9.81. The molecule has 2 amide bonds. The summed E-state index contributed by atoms with van der Waals surface area (Å²) in [6.07, 6.45) is 4.38. The van der Waals surface area contributed by atoms with Crippen LogP contribution in [0.5, 0.6) is 0 Å². The van der Waals surface area contributed by atoms with E-state index in [4.69, 9.17) is 11.5 Å². The molecule has 0 aliphatic carbocycles. The first-order chi connectivity index (χ1) is 8.97. The van der Waals surface area contributed by atoms with Crippen LogP contribution in [-0.2, 0) is 16.1 Å². The maximum atomic E-state index is 12.2. The monoisotopic (exact) mass is 303 g/mol. The Hall–Kier alpha value is -1.60. The number of carbonyl (C=O) groups excluding carboxylic acids is 2. The van der Waals surface area contributed by atoms with Gasteiger partial charge in [-0.2, -0.15) is 5.10 Å². The minimum Gasteiger partial charge on any atom is -0.368 e. The molecule has 0 spiro atoms. The van der Waals surface area contributed by atoms with Crippen molar-refractivity contribution in [2.24, 2.45) is 16.9 Å². The average Bonchev–Trinajstić information content (AvgIpc) is 2.78. The largest absolute Gasteiger partial charge is 0.368 e. The predicted octanol–water partition coefficient (Wildman–Crippen LogP) is 0.494. The molecule has 0 fully saturated rings. The number of nitrogens with zero attached hydrogens (tertiary/aromatic N) is 2. The molecule has 0 unspecified atom stereocenters. The Labute approximate surface area is 124 Å². The Bertz CT molecular complexity index is 448. The lowest BCUT2D eigenvalue weighted by molar-refractivity contribution is -0.125. The van der Waals surface area contributed by atoms with Crippen molar-refractivity contribution in [3.8, 4) is 0 Å². The molecule has 5 N–H and O–H groups in total. The molecule has 0 saturated heterocycles. The first kappa shape index (κ1) is 18.4. The number of halogens is 1. The van der Waals surface area contributed by atoms with Gasteiger partial charge in [0.05, 0.1) is 17.3 Å². The summed E-state index contributed by atoms with van der Waals surface area (Å²) in [6.45, 7) is 4.15.